The lowest BCUT2D eigenvalue weighted by Crippen LogP contribution is -2.13. The van der Waals surface area contributed by atoms with Crippen LogP contribution in [0.2, 0.25) is 0 Å². The number of aryl methyl sites for hydroxylation is 1. The summed E-state index contributed by atoms with van der Waals surface area (Å²) in [4.78, 5) is 4.30. The van der Waals surface area contributed by atoms with Crippen molar-refractivity contribution in [1.29, 1.82) is 5.26 Å². The molecule has 5 nitrogen and oxygen atoms in total. The van der Waals surface area contributed by atoms with Crippen molar-refractivity contribution in [3.63, 3.8) is 0 Å². The van der Waals surface area contributed by atoms with E-state index in [9.17, 15) is 0 Å². The van der Waals surface area contributed by atoms with Crippen LogP contribution in [0.1, 0.15) is 11.3 Å². The molecule has 102 valence electrons. The van der Waals surface area contributed by atoms with Crippen molar-refractivity contribution in [2.75, 3.05) is 24.2 Å². The molecule has 3 N–H and O–H groups in total. The summed E-state index contributed by atoms with van der Waals surface area (Å²) >= 11 is 0. The van der Waals surface area contributed by atoms with Gasteiger partial charge in [0, 0.05) is 5.69 Å². The predicted octanol–water partition coefficient (Wildman–Crippen LogP) is 2.33. The quantitative estimate of drug-likeness (QED) is 0.642. The molecular weight excluding hydrogens is 252 g/mol. The van der Waals surface area contributed by atoms with Crippen molar-refractivity contribution in [2.24, 2.45) is 0 Å². The molecule has 0 aliphatic carbocycles. The molecule has 0 radical (unpaired) electrons. The maximum Gasteiger partial charge on any atom is 0.142 e. The topological polar surface area (TPSA) is 84.0 Å². The summed E-state index contributed by atoms with van der Waals surface area (Å²) in [5.74, 6) is 1.34. The molecule has 0 aliphatic rings. The number of benzene rings is 1. The second-order valence-electron chi connectivity index (χ2n) is 4.31. The average molecular weight is 268 g/mol. The number of pyridine rings is 1. The van der Waals surface area contributed by atoms with Gasteiger partial charge in [-0.15, -0.1) is 0 Å². The zero-order chi connectivity index (χ0) is 14.4. The number of nitrogen functional groups attached to an aromatic ring is 1. The lowest BCUT2D eigenvalue weighted by Gasteiger charge is -2.10. The monoisotopic (exact) mass is 268 g/mol. The Kier molecular flexibility index (Phi) is 4.40. The minimum Gasteiger partial charge on any atom is -0.490 e. The van der Waals surface area contributed by atoms with Crippen LogP contribution >= 0.6 is 0 Å². The third-order valence-electron chi connectivity index (χ3n) is 2.67. The van der Waals surface area contributed by atoms with E-state index in [1.54, 1.807) is 18.2 Å². The maximum absolute atomic E-state index is 8.89. The highest BCUT2D eigenvalue weighted by Crippen LogP contribution is 2.19. The summed E-state index contributed by atoms with van der Waals surface area (Å²) in [5, 5.41) is 12.0. The molecular formula is C15H16N4O. The second kappa shape index (κ2) is 6.43. The highest BCUT2D eigenvalue weighted by Gasteiger charge is 2.01. The molecule has 0 unspecified atom stereocenters. The van der Waals surface area contributed by atoms with Crippen LogP contribution in [0.4, 0.5) is 11.5 Å². The van der Waals surface area contributed by atoms with Crippen LogP contribution in [0.25, 0.3) is 0 Å². The fraction of sp³-hybridized carbons (Fsp3) is 0.200. The van der Waals surface area contributed by atoms with Gasteiger partial charge in [-0.1, -0.05) is 12.1 Å². The lowest BCUT2D eigenvalue weighted by atomic mass is 10.2. The van der Waals surface area contributed by atoms with Crippen molar-refractivity contribution < 1.29 is 4.74 Å². The molecule has 1 aromatic carbocycles. The van der Waals surface area contributed by atoms with Gasteiger partial charge in [0.05, 0.1) is 23.9 Å². The number of nitrogens with two attached hydrogens (primary N) is 1. The van der Waals surface area contributed by atoms with E-state index in [-0.39, 0.29) is 0 Å². The molecule has 0 bridgehead atoms. The standard InChI is InChI=1S/C15H16N4O/c1-11-8-12(10-16)9-15(19-11)18-6-7-20-14-5-3-2-4-13(14)17/h2-5,8-9H,6-7,17H2,1H3,(H,18,19). The average Bonchev–Trinajstić information content (AvgIpc) is 2.44. The number of nitrogens with one attached hydrogen (secondary N) is 1. The molecule has 0 atom stereocenters. The highest BCUT2D eigenvalue weighted by atomic mass is 16.5. The van der Waals surface area contributed by atoms with Gasteiger partial charge in [0.15, 0.2) is 0 Å². The first-order valence-electron chi connectivity index (χ1n) is 6.29. The first kappa shape index (κ1) is 13.7. The van der Waals surface area contributed by atoms with E-state index >= 15 is 0 Å². The smallest absolute Gasteiger partial charge is 0.142 e. The predicted molar refractivity (Wildman–Crippen MR) is 78.5 cm³/mol. The summed E-state index contributed by atoms with van der Waals surface area (Å²) in [7, 11) is 0. The van der Waals surface area contributed by atoms with E-state index in [0.717, 1.165) is 5.69 Å². The van der Waals surface area contributed by atoms with Crippen LogP contribution in [-0.2, 0) is 0 Å². The number of rotatable bonds is 5. The molecule has 20 heavy (non-hydrogen) atoms. The number of nitrogens with zero attached hydrogens (tertiary/aromatic N) is 2. The number of para-hydroxylation sites is 2. The van der Waals surface area contributed by atoms with E-state index in [2.05, 4.69) is 16.4 Å². The Hall–Kier alpha value is -2.74. The summed E-state index contributed by atoms with van der Waals surface area (Å²) in [6.07, 6.45) is 0. The van der Waals surface area contributed by atoms with Crippen molar-refractivity contribution >= 4 is 11.5 Å². The van der Waals surface area contributed by atoms with Crippen LogP contribution in [0.3, 0.4) is 0 Å². The summed E-state index contributed by atoms with van der Waals surface area (Å²) in [6.45, 7) is 2.90. The molecule has 0 aliphatic heterocycles. The zero-order valence-corrected chi connectivity index (χ0v) is 11.3. The Bertz CT molecular complexity index is 634. The number of ether oxygens (including phenoxy) is 1. The van der Waals surface area contributed by atoms with Gasteiger partial charge in [-0.25, -0.2) is 4.98 Å². The molecule has 1 aromatic heterocycles. The fourth-order valence-corrected chi connectivity index (χ4v) is 1.78. The summed E-state index contributed by atoms with van der Waals surface area (Å²) < 4.78 is 5.57. The van der Waals surface area contributed by atoms with Gasteiger partial charge < -0.3 is 15.8 Å². The van der Waals surface area contributed by atoms with E-state index < -0.39 is 0 Å². The summed E-state index contributed by atoms with van der Waals surface area (Å²) in [6, 6.07) is 12.9. The van der Waals surface area contributed by atoms with Gasteiger partial charge in [0.2, 0.25) is 0 Å². The molecule has 1 heterocycles. The minimum atomic E-state index is 0.464. The first-order chi connectivity index (χ1) is 9.69. The number of hydrogen-bond donors (Lipinski definition) is 2. The van der Waals surface area contributed by atoms with Gasteiger partial charge in [0.1, 0.15) is 18.2 Å². The second-order valence-corrected chi connectivity index (χ2v) is 4.31. The Morgan fingerprint density at radius 2 is 2.15 bits per heavy atom. The summed E-state index contributed by atoms with van der Waals surface area (Å²) in [5.41, 5.74) is 7.79. The molecule has 0 amide bonds. The van der Waals surface area contributed by atoms with Crippen LogP contribution < -0.4 is 15.8 Å². The molecule has 2 rings (SSSR count). The maximum atomic E-state index is 8.89. The molecule has 5 heteroatoms. The Labute approximate surface area is 118 Å². The third kappa shape index (κ3) is 3.62. The first-order valence-corrected chi connectivity index (χ1v) is 6.29. The molecule has 2 aromatic rings. The number of hydrogen-bond acceptors (Lipinski definition) is 5. The highest BCUT2D eigenvalue weighted by molar-refractivity contribution is 5.51. The zero-order valence-electron chi connectivity index (χ0n) is 11.3. The van der Waals surface area contributed by atoms with Crippen LogP contribution in [-0.4, -0.2) is 18.1 Å². The molecule has 0 fully saturated rings. The minimum absolute atomic E-state index is 0.464. The Morgan fingerprint density at radius 1 is 1.35 bits per heavy atom. The van der Waals surface area contributed by atoms with Crippen LogP contribution in [0.5, 0.6) is 5.75 Å². The lowest BCUT2D eigenvalue weighted by molar-refractivity contribution is 0.334. The largest absolute Gasteiger partial charge is 0.490 e. The van der Waals surface area contributed by atoms with Crippen LogP contribution in [0, 0.1) is 18.3 Å². The van der Waals surface area contributed by atoms with Crippen LogP contribution in [0.15, 0.2) is 36.4 Å². The molecule has 0 saturated carbocycles. The Morgan fingerprint density at radius 3 is 2.90 bits per heavy atom. The number of nitriles is 1. The number of anilines is 2. The van der Waals surface area contributed by atoms with E-state index in [0.29, 0.717) is 36.0 Å². The van der Waals surface area contributed by atoms with E-state index in [1.165, 1.54) is 0 Å². The normalized spacial score (nSPS) is 9.80. The SMILES string of the molecule is Cc1cc(C#N)cc(NCCOc2ccccc2N)n1. The van der Waals surface area contributed by atoms with Gasteiger partial charge in [-0.05, 0) is 31.2 Å². The number of aromatic nitrogens is 1. The molecule has 0 saturated heterocycles. The fourth-order valence-electron chi connectivity index (χ4n) is 1.78. The van der Waals surface area contributed by atoms with Gasteiger partial charge in [0.25, 0.3) is 0 Å². The van der Waals surface area contributed by atoms with Gasteiger partial charge >= 0.3 is 0 Å². The van der Waals surface area contributed by atoms with E-state index in [1.807, 2.05) is 25.1 Å². The van der Waals surface area contributed by atoms with E-state index in [4.69, 9.17) is 15.7 Å². The van der Waals surface area contributed by atoms with Crippen molar-refractivity contribution in [1.82, 2.24) is 4.98 Å². The van der Waals surface area contributed by atoms with Crippen molar-refractivity contribution in [3.8, 4) is 11.8 Å². The molecule has 0 spiro atoms. The van der Waals surface area contributed by atoms with Crippen molar-refractivity contribution in [3.05, 3.63) is 47.7 Å². The Balaban J connectivity index is 1.86. The van der Waals surface area contributed by atoms with Gasteiger partial charge in [-0.3, -0.25) is 0 Å². The van der Waals surface area contributed by atoms with Gasteiger partial charge in [-0.2, -0.15) is 5.26 Å². The third-order valence-corrected chi connectivity index (χ3v) is 2.67. The van der Waals surface area contributed by atoms with Crippen molar-refractivity contribution in [2.45, 2.75) is 6.92 Å².